The molecule has 1 aromatic heterocycles. The van der Waals surface area contributed by atoms with E-state index in [1.807, 2.05) is 0 Å². The molecule has 2 N–H and O–H groups in total. The van der Waals surface area contributed by atoms with Gasteiger partial charge in [-0.15, -0.1) is 0 Å². The molecule has 0 spiro atoms. The van der Waals surface area contributed by atoms with Crippen LogP contribution in [0.15, 0.2) is 12.3 Å². The van der Waals surface area contributed by atoms with Crippen molar-refractivity contribution in [3.05, 3.63) is 18.0 Å². The van der Waals surface area contributed by atoms with Gasteiger partial charge in [0.25, 0.3) is 0 Å². The SMILES string of the molecule is CCC(C)n1ccc(CN2CCC(C)CC2CN)n1. The predicted octanol–water partition coefficient (Wildman–Crippen LogP) is 2.41. The summed E-state index contributed by atoms with van der Waals surface area (Å²) in [7, 11) is 0. The summed E-state index contributed by atoms with van der Waals surface area (Å²) in [6.45, 7) is 9.59. The van der Waals surface area contributed by atoms with E-state index in [-0.39, 0.29) is 0 Å². The van der Waals surface area contributed by atoms with Crippen molar-refractivity contribution in [1.82, 2.24) is 14.7 Å². The minimum Gasteiger partial charge on any atom is -0.329 e. The summed E-state index contributed by atoms with van der Waals surface area (Å²) in [4.78, 5) is 2.50. The lowest BCUT2D eigenvalue weighted by molar-refractivity contribution is 0.113. The second-order valence-corrected chi connectivity index (χ2v) is 6.03. The van der Waals surface area contributed by atoms with Gasteiger partial charge in [0.15, 0.2) is 0 Å². The molecule has 1 aliphatic heterocycles. The Bertz CT molecular complexity index is 387. The van der Waals surface area contributed by atoms with Gasteiger partial charge in [-0.2, -0.15) is 5.10 Å². The topological polar surface area (TPSA) is 47.1 Å². The summed E-state index contributed by atoms with van der Waals surface area (Å²) in [6.07, 6.45) is 5.73. The first kappa shape index (κ1) is 14.5. The number of piperidine rings is 1. The molecule has 1 saturated heterocycles. The van der Waals surface area contributed by atoms with Crippen molar-refractivity contribution in [3.8, 4) is 0 Å². The molecule has 3 atom stereocenters. The Morgan fingerprint density at radius 2 is 2.32 bits per heavy atom. The highest BCUT2D eigenvalue weighted by molar-refractivity contribution is 5.01. The Morgan fingerprint density at radius 1 is 1.53 bits per heavy atom. The maximum absolute atomic E-state index is 5.92. The van der Waals surface area contributed by atoms with Gasteiger partial charge in [-0.05, 0) is 44.7 Å². The van der Waals surface area contributed by atoms with Gasteiger partial charge in [0.2, 0.25) is 0 Å². The van der Waals surface area contributed by atoms with Crippen LogP contribution in [0.5, 0.6) is 0 Å². The van der Waals surface area contributed by atoms with Crippen LogP contribution in [0.25, 0.3) is 0 Å². The number of aromatic nitrogens is 2. The van der Waals surface area contributed by atoms with Gasteiger partial charge < -0.3 is 5.73 Å². The Labute approximate surface area is 117 Å². The van der Waals surface area contributed by atoms with Crippen LogP contribution in [-0.2, 0) is 6.54 Å². The number of hydrogen-bond donors (Lipinski definition) is 1. The second-order valence-electron chi connectivity index (χ2n) is 6.03. The van der Waals surface area contributed by atoms with Gasteiger partial charge in [-0.1, -0.05) is 13.8 Å². The van der Waals surface area contributed by atoms with Gasteiger partial charge in [-0.25, -0.2) is 0 Å². The van der Waals surface area contributed by atoms with Crippen LogP contribution >= 0.6 is 0 Å². The van der Waals surface area contributed by atoms with Crippen molar-refractivity contribution < 1.29 is 0 Å². The lowest BCUT2D eigenvalue weighted by atomic mass is 9.92. The lowest BCUT2D eigenvalue weighted by Crippen LogP contribution is -2.45. The molecule has 108 valence electrons. The summed E-state index contributed by atoms with van der Waals surface area (Å²) in [5, 5.41) is 4.70. The molecule has 19 heavy (non-hydrogen) atoms. The first-order valence-electron chi connectivity index (χ1n) is 7.62. The number of hydrogen-bond acceptors (Lipinski definition) is 3. The molecule has 0 bridgehead atoms. The zero-order valence-electron chi connectivity index (χ0n) is 12.5. The maximum atomic E-state index is 5.92. The molecule has 1 aliphatic rings. The van der Waals surface area contributed by atoms with E-state index in [1.54, 1.807) is 0 Å². The zero-order valence-corrected chi connectivity index (χ0v) is 12.5. The van der Waals surface area contributed by atoms with Crippen LogP contribution < -0.4 is 5.73 Å². The second kappa shape index (κ2) is 6.53. The van der Waals surface area contributed by atoms with Crippen LogP contribution in [0.2, 0.25) is 0 Å². The smallest absolute Gasteiger partial charge is 0.0765 e. The zero-order chi connectivity index (χ0) is 13.8. The van der Waals surface area contributed by atoms with Crippen LogP contribution in [0.1, 0.15) is 51.8 Å². The number of nitrogens with two attached hydrogens (primary N) is 1. The fourth-order valence-corrected chi connectivity index (χ4v) is 2.86. The monoisotopic (exact) mass is 264 g/mol. The Hall–Kier alpha value is -0.870. The van der Waals surface area contributed by atoms with Crippen molar-refractivity contribution in [1.29, 1.82) is 0 Å². The standard InChI is InChI=1S/C15H28N4/c1-4-13(3)19-8-6-14(17-19)11-18-7-5-12(2)9-15(18)10-16/h6,8,12-13,15H,4-5,7,9-11,16H2,1-3H3. The molecule has 2 rings (SSSR count). The third kappa shape index (κ3) is 3.57. The Kier molecular flexibility index (Phi) is 4.99. The van der Waals surface area contributed by atoms with E-state index in [0.717, 1.165) is 32.0 Å². The average molecular weight is 264 g/mol. The van der Waals surface area contributed by atoms with E-state index in [9.17, 15) is 0 Å². The maximum Gasteiger partial charge on any atom is 0.0765 e. The number of rotatable bonds is 5. The highest BCUT2D eigenvalue weighted by Crippen LogP contribution is 2.23. The van der Waals surface area contributed by atoms with Crippen LogP contribution in [-0.4, -0.2) is 33.8 Å². The number of nitrogens with zero attached hydrogens (tertiary/aromatic N) is 3. The molecule has 1 aromatic rings. The van der Waals surface area contributed by atoms with Crippen molar-refractivity contribution in [2.24, 2.45) is 11.7 Å². The highest BCUT2D eigenvalue weighted by atomic mass is 15.3. The third-order valence-corrected chi connectivity index (χ3v) is 4.44. The molecule has 0 aliphatic carbocycles. The molecule has 0 radical (unpaired) electrons. The minimum atomic E-state index is 0.487. The first-order chi connectivity index (χ1) is 9.13. The van der Waals surface area contributed by atoms with Crippen molar-refractivity contribution in [2.45, 2.75) is 58.7 Å². The quantitative estimate of drug-likeness (QED) is 0.888. The normalized spacial score (nSPS) is 26.5. The van der Waals surface area contributed by atoms with E-state index in [0.29, 0.717) is 12.1 Å². The molecule has 0 aromatic carbocycles. The molecular weight excluding hydrogens is 236 g/mol. The van der Waals surface area contributed by atoms with Gasteiger partial charge >= 0.3 is 0 Å². The predicted molar refractivity (Wildman–Crippen MR) is 78.9 cm³/mol. The molecule has 4 nitrogen and oxygen atoms in total. The van der Waals surface area contributed by atoms with E-state index >= 15 is 0 Å². The lowest BCUT2D eigenvalue weighted by Gasteiger charge is -2.37. The number of likely N-dealkylation sites (tertiary alicyclic amines) is 1. The Balaban J connectivity index is 1.98. The van der Waals surface area contributed by atoms with Crippen molar-refractivity contribution in [2.75, 3.05) is 13.1 Å². The molecule has 1 fully saturated rings. The van der Waals surface area contributed by atoms with Crippen LogP contribution in [0.3, 0.4) is 0 Å². The van der Waals surface area contributed by atoms with E-state index in [4.69, 9.17) is 10.8 Å². The molecule has 3 unspecified atom stereocenters. The van der Waals surface area contributed by atoms with Crippen molar-refractivity contribution in [3.63, 3.8) is 0 Å². The first-order valence-corrected chi connectivity index (χ1v) is 7.62. The molecular formula is C15H28N4. The molecule has 2 heterocycles. The van der Waals surface area contributed by atoms with Gasteiger partial charge in [0, 0.05) is 31.4 Å². The van der Waals surface area contributed by atoms with E-state index < -0.39 is 0 Å². The van der Waals surface area contributed by atoms with Crippen LogP contribution in [0.4, 0.5) is 0 Å². The summed E-state index contributed by atoms with van der Waals surface area (Å²) in [6, 6.07) is 3.16. The van der Waals surface area contributed by atoms with E-state index in [2.05, 4.69) is 42.6 Å². The molecule has 4 heteroatoms. The highest BCUT2D eigenvalue weighted by Gasteiger charge is 2.25. The Morgan fingerprint density at radius 3 is 3.00 bits per heavy atom. The summed E-state index contributed by atoms with van der Waals surface area (Å²) in [5.74, 6) is 0.808. The van der Waals surface area contributed by atoms with Gasteiger partial charge in [0.1, 0.15) is 0 Å². The van der Waals surface area contributed by atoms with Crippen molar-refractivity contribution >= 4 is 0 Å². The van der Waals surface area contributed by atoms with Gasteiger partial charge in [-0.3, -0.25) is 9.58 Å². The fourth-order valence-electron chi connectivity index (χ4n) is 2.86. The summed E-state index contributed by atoms with van der Waals surface area (Å²) >= 11 is 0. The van der Waals surface area contributed by atoms with E-state index in [1.165, 1.54) is 18.5 Å². The largest absolute Gasteiger partial charge is 0.329 e. The van der Waals surface area contributed by atoms with Crippen LogP contribution in [0, 0.1) is 5.92 Å². The average Bonchev–Trinajstić information content (AvgIpc) is 2.88. The summed E-state index contributed by atoms with van der Waals surface area (Å²) < 4.78 is 2.08. The molecule has 0 saturated carbocycles. The fraction of sp³-hybridized carbons (Fsp3) is 0.800. The minimum absolute atomic E-state index is 0.487. The molecule has 0 amide bonds. The third-order valence-electron chi connectivity index (χ3n) is 4.44. The summed E-state index contributed by atoms with van der Waals surface area (Å²) in [5.41, 5.74) is 7.09. The van der Waals surface area contributed by atoms with Gasteiger partial charge in [0.05, 0.1) is 5.69 Å².